The molecule has 0 radical (unpaired) electrons. The highest BCUT2D eigenvalue weighted by Gasteiger charge is 2.36. The number of aromatic nitrogens is 2. The Morgan fingerprint density at radius 2 is 1.85 bits per heavy atom. The third-order valence-electron chi connectivity index (χ3n) is 5.28. The summed E-state index contributed by atoms with van der Waals surface area (Å²) in [5.41, 5.74) is 1.44. The van der Waals surface area contributed by atoms with Crippen LogP contribution in [0.3, 0.4) is 0 Å². The second kappa shape index (κ2) is 4.44. The van der Waals surface area contributed by atoms with Gasteiger partial charge < -0.3 is 4.57 Å². The van der Waals surface area contributed by atoms with Crippen LogP contribution in [0.5, 0.6) is 0 Å². The molecule has 3 nitrogen and oxygen atoms in total. The molecule has 2 heterocycles. The molecular formula is C17H20N2O. The maximum atomic E-state index is 12.2. The Balaban J connectivity index is 1.84. The van der Waals surface area contributed by atoms with Crippen LogP contribution in [0, 0.1) is 5.41 Å². The van der Waals surface area contributed by atoms with Crippen LogP contribution in [-0.4, -0.2) is 9.55 Å². The highest BCUT2D eigenvalue weighted by molar-refractivity contribution is 5.78. The summed E-state index contributed by atoms with van der Waals surface area (Å²) in [5.74, 6) is 1.02. The minimum atomic E-state index is -0.0558. The third-order valence-corrected chi connectivity index (χ3v) is 5.28. The number of fused-ring (bicyclic) bond motifs is 3. The predicted octanol–water partition coefficient (Wildman–Crippen LogP) is 3.29. The summed E-state index contributed by atoms with van der Waals surface area (Å²) in [6, 6.07) is 7.88. The second-order valence-electron chi connectivity index (χ2n) is 6.49. The van der Waals surface area contributed by atoms with Crippen molar-refractivity contribution in [3.05, 3.63) is 40.4 Å². The standard InChI is InChI=1S/C17H20N2O/c20-16-13-6-2-3-7-14(13)19-11-10-17(12-15(19)18-16)8-4-1-5-9-17/h2-3,6-7H,1,4-5,8-12H2. The molecule has 0 atom stereocenters. The lowest BCUT2D eigenvalue weighted by Gasteiger charge is -2.41. The third kappa shape index (κ3) is 1.80. The van der Waals surface area contributed by atoms with E-state index in [1.807, 2.05) is 18.2 Å². The van der Waals surface area contributed by atoms with Crippen molar-refractivity contribution in [3.8, 4) is 0 Å². The molecular weight excluding hydrogens is 248 g/mol. The van der Waals surface area contributed by atoms with Gasteiger partial charge in [0, 0.05) is 13.0 Å². The van der Waals surface area contributed by atoms with E-state index in [4.69, 9.17) is 0 Å². The number of nitrogens with zero attached hydrogens (tertiary/aromatic N) is 2. The summed E-state index contributed by atoms with van der Waals surface area (Å²) < 4.78 is 2.27. The van der Waals surface area contributed by atoms with Crippen LogP contribution in [-0.2, 0) is 13.0 Å². The van der Waals surface area contributed by atoms with Gasteiger partial charge in [-0.1, -0.05) is 31.4 Å². The fourth-order valence-electron chi connectivity index (χ4n) is 4.15. The number of rotatable bonds is 0. The zero-order valence-corrected chi connectivity index (χ0v) is 11.8. The van der Waals surface area contributed by atoms with E-state index in [1.54, 1.807) is 0 Å². The molecule has 1 aromatic carbocycles. The quantitative estimate of drug-likeness (QED) is 0.735. The number of hydrogen-bond donors (Lipinski definition) is 0. The van der Waals surface area contributed by atoms with Crippen LogP contribution < -0.4 is 5.56 Å². The molecule has 1 fully saturated rings. The number of aryl methyl sites for hydroxylation is 1. The fraction of sp³-hybridized carbons (Fsp3) is 0.529. The Bertz CT molecular complexity index is 710. The van der Waals surface area contributed by atoms with Crippen LogP contribution in [0.4, 0.5) is 0 Å². The summed E-state index contributed by atoms with van der Waals surface area (Å²) in [4.78, 5) is 16.6. The smallest absolute Gasteiger partial charge is 0.280 e. The van der Waals surface area contributed by atoms with Gasteiger partial charge in [0.1, 0.15) is 5.82 Å². The minimum absolute atomic E-state index is 0.0558. The Morgan fingerprint density at radius 3 is 2.70 bits per heavy atom. The molecule has 1 aliphatic heterocycles. The normalized spacial score (nSPS) is 21.0. The zero-order chi connectivity index (χ0) is 13.6. The predicted molar refractivity (Wildman–Crippen MR) is 79.8 cm³/mol. The molecule has 2 aliphatic rings. The van der Waals surface area contributed by atoms with Gasteiger partial charge in [0.25, 0.3) is 5.56 Å². The van der Waals surface area contributed by atoms with Gasteiger partial charge in [-0.2, -0.15) is 4.98 Å². The molecule has 20 heavy (non-hydrogen) atoms. The topological polar surface area (TPSA) is 34.9 Å². The molecule has 1 aromatic heterocycles. The van der Waals surface area contributed by atoms with Gasteiger partial charge >= 0.3 is 0 Å². The maximum Gasteiger partial charge on any atom is 0.280 e. The number of para-hydroxylation sites is 1. The summed E-state index contributed by atoms with van der Waals surface area (Å²) in [6.45, 7) is 1.02. The zero-order valence-electron chi connectivity index (χ0n) is 11.8. The fourth-order valence-corrected chi connectivity index (χ4v) is 4.15. The van der Waals surface area contributed by atoms with Gasteiger partial charge in [-0.25, -0.2) is 0 Å². The molecule has 0 amide bonds. The van der Waals surface area contributed by atoms with E-state index in [2.05, 4.69) is 15.6 Å². The summed E-state index contributed by atoms with van der Waals surface area (Å²) in [7, 11) is 0. The van der Waals surface area contributed by atoms with Gasteiger partial charge in [0.2, 0.25) is 0 Å². The Labute approximate surface area is 118 Å². The van der Waals surface area contributed by atoms with E-state index in [0.29, 0.717) is 5.41 Å². The minimum Gasteiger partial charge on any atom is -0.329 e. The highest BCUT2D eigenvalue weighted by atomic mass is 16.1. The molecule has 2 aromatic rings. The molecule has 0 saturated heterocycles. The SMILES string of the molecule is O=c1nc2n(c3ccccc13)CCC1(CCCCC1)C2. The maximum absolute atomic E-state index is 12.2. The second-order valence-corrected chi connectivity index (χ2v) is 6.49. The monoisotopic (exact) mass is 268 g/mol. The largest absolute Gasteiger partial charge is 0.329 e. The van der Waals surface area contributed by atoms with Crippen LogP contribution in [0.15, 0.2) is 29.1 Å². The molecule has 104 valence electrons. The van der Waals surface area contributed by atoms with E-state index in [1.165, 1.54) is 38.5 Å². The van der Waals surface area contributed by atoms with Crippen molar-refractivity contribution < 1.29 is 0 Å². The summed E-state index contributed by atoms with van der Waals surface area (Å²) in [5, 5.41) is 0.760. The van der Waals surface area contributed by atoms with Gasteiger partial charge in [0.05, 0.1) is 10.9 Å². The Hall–Kier alpha value is -1.64. The van der Waals surface area contributed by atoms with Crippen LogP contribution in [0.1, 0.15) is 44.3 Å². The van der Waals surface area contributed by atoms with E-state index >= 15 is 0 Å². The van der Waals surface area contributed by atoms with Gasteiger partial charge in [-0.3, -0.25) is 4.79 Å². The Kier molecular flexibility index (Phi) is 2.69. The van der Waals surface area contributed by atoms with Gasteiger partial charge in [0.15, 0.2) is 0 Å². The Morgan fingerprint density at radius 1 is 1.05 bits per heavy atom. The van der Waals surface area contributed by atoms with Crippen molar-refractivity contribution in [2.45, 2.75) is 51.5 Å². The van der Waals surface area contributed by atoms with Crippen molar-refractivity contribution in [1.29, 1.82) is 0 Å². The summed E-state index contributed by atoms with van der Waals surface area (Å²) in [6.07, 6.45) is 8.93. The van der Waals surface area contributed by atoms with E-state index in [-0.39, 0.29) is 5.56 Å². The van der Waals surface area contributed by atoms with Crippen LogP contribution in [0.2, 0.25) is 0 Å². The van der Waals surface area contributed by atoms with Crippen molar-refractivity contribution in [2.75, 3.05) is 0 Å². The van der Waals surface area contributed by atoms with Crippen molar-refractivity contribution >= 4 is 10.9 Å². The molecule has 0 unspecified atom stereocenters. The molecule has 1 saturated carbocycles. The van der Waals surface area contributed by atoms with Crippen molar-refractivity contribution in [3.63, 3.8) is 0 Å². The molecule has 0 N–H and O–H groups in total. The highest BCUT2D eigenvalue weighted by Crippen LogP contribution is 2.44. The lowest BCUT2D eigenvalue weighted by molar-refractivity contribution is 0.139. The summed E-state index contributed by atoms with van der Waals surface area (Å²) >= 11 is 0. The van der Waals surface area contributed by atoms with Gasteiger partial charge in [-0.15, -0.1) is 0 Å². The number of hydrogen-bond acceptors (Lipinski definition) is 2. The van der Waals surface area contributed by atoms with E-state index in [0.717, 1.165) is 29.7 Å². The first-order valence-electron chi connectivity index (χ1n) is 7.76. The molecule has 1 aliphatic carbocycles. The lowest BCUT2D eigenvalue weighted by atomic mass is 9.68. The average Bonchev–Trinajstić information content (AvgIpc) is 2.48. The first kappa shape index (κ1) is 12.1. The first-order valence-corrected chi connectivity index (χ1v) is 7.76. The molecule has 0 bridgehead atoms. The van der Waals surface area contributed by atoms with Crippen LogP contribution >= 0.6 is 0 Å². The molecule has 3 heteroatoms. The van der Waals surface area contributed by atoms with Crippen molar-refractivity contribution in [2.24, 2.45) is 5.41 Å². The van der Waals surface area contributed by atoms with Crippen LogP contribution in [0.25, 0.3) is 10.9 Å². The first-order chi connectivity index (χ1) is 9.77. The van der Waals surface area contributed by atoms with E-state index in [9.17, 15) is 4.79 Å². The van der Waals surface area contributed by atoms with E-state index < -0.39 is 0 Å². The molecule has 4 rings (SSSR count). The molecule has 1 spiro atoms. The van der Waals surface area contributed by atoms with Crippen molar-refractivity contribution in [1.82, 2.24) is 9.55 Å². The average molecular weight is 268 g/mol. The van der Waals surface area contributed by atoms with Gasteiger partial charge in [-0.05, 0) is 36.8 Å². The lowest BCUT2D eigenvalue weighted by Crippen LogP contribution is -2.36. The number of benzene rings is 1.